The molecule has 3 heterocycles. The third-order valence-electron chi connectivity index (χ3n) is 5.55. The highest BCUT2D eigenvalue weighted by Crippen LogP contribution is 2.29. The van der Waals surface area contributed by atoms with Gasteiger partial charge in [-0.25, -0.2) is 19.3 Å². The van der Waals surface area contributed by atoms with E-state index >= 15 is 0 Å². The number of nitrogens with two attached hydrogens (primary N) is 1. The maximum absolute atomic E-state index is 14.1. The summed E-state index contributed by atoms with van der Waals surface area (Å²) in [4.78, 5) is 35.2. The SMILES string of the molecule is CN=CC(=CN)c1cc(F)cc(CNC(=O)c2ncnc3nc([C@H]4CCCN4C)[nH]c23)c1. The zero-order chi connectivity index (χ0) is 22.7. The Morgan fingerprint density at radius 2 is 2.25 bits per heavy atom. The summed E-state index contributed by atoms with van der Waals surface area (Å²) in [7, 11) is 3.66. The van der Waals surface area contributed by atoms with Gasteiger partial charge in [-0.05, 0) is 55.8 Å². The topological polar surface area (TPSA) is 125 Å². The van der Waals surface area contributed by atoms with Crippen molar-refractivity contribution in [3.8, 4) is 0 Å². The van der Waals surface area contributed by atoms with Crippen LogP contribution in [0.5, 0.6) is 0 Å². The lowest BCUT2D eigenvalue weighted by Gasteiger charge is -2.16. The van der Waals surface area contributed by atoms with Crippen LogP contribution in [-0.2, 0) is 6.54 Å². The second kappa shape index (κ2) is 9.23. The summed E-state index contributed by atoms with van der Waals surface area (Å²) in [5, 5.41) is 2.80. The number of H-pyrrole nitrogens is 1. The number of nitrogens with one attached hydrogen (secondary N) is 2. The maximum atomic E-state index is 14.1. The molecular formula is C22H25FN8O. The number of rotatable bonds is 6. The number of amides is 1. The average molecular weight is 436 g/mol. The molecule has 0 radical (unpaired) electrons. The van der Waals surface area contributed by atoms with Gasteiger partial charge < -0.3 is 16.0 Å². The second-order valence-electron chi connectivity index (χ2n) is 7.72. The van der Waals surface area contributed by atoms with E-state index in [4.69, 9.17) is 5.73 Å². The van der Waals surface area contributed by atoms with Gasteiger partial charge in [-0.3, -0.25) is 14.7 Å². The van der Waals surface area contributed by atoms with Crippen LogP contribution >= 0.6 is 0 Å². The van der Waals surface area contributed by atoms with E-state index in [9.17, 15) is 9.18 Å². The molecule has 0 aliphatic carbocycles. The van der Waals surface area contributed by atoms with Crippen molar-refractivity contribution in [3.05, 3.63) is 59.2 Å². The minimum Gasteiger partial charge on any atom is -0.404 e. The van der Waals surface area contributed by atoms with Crippen LogP contribution < -0.4 is 11.1 Å². The number of carbonyl (C=O) groups is 1. The lowest BCUT2D eigenvalue weighted by Crippen LogP contribution is -2.24. The minimum absolute atomic E-state index is 0.114. The van der Waals surface area contributed by atoms with Gasteiger partial charge in [0, 0.05) is 31.6 Å². The van der Waals surface area contributed by atoms with E-state index in [-0.39, 0.29) is 18.3 Å². The molecule has 9 nitrogen and oxygen atoms in total. The number of halogens is 1. The summed E-state index contributed by atoms with van der Waals surface area (Å²) < 4.78 is 14.1. The van der Waals surface area contributed by atoms with Gasteiger partial charge in [-0.15, -0.1) is 0 Å². The molecule has 4 N–H and O–H groups in total. The molecular weight excluding hydrogens is 411 g/mol. The minimum atomic E-state index is -0.432. The van der Waals surface area contributed by atoms with Gasteiger partial charge >= 0.3 is 0 Å². The second-order valence-corrected chi connectivity index (χ2v) is 7.72. The van der Waals surface area contributed by atoms with Gasteiger partial charge in [0.1, 0.15) is 23.5 Å². The first-order valence-corrected chi connectivity index (χ1v) is 10.3. The molecule has 0 spiro atoms. The fraction of sp³-hybridized carbons (Fsp3) is 0.318. The monoisotopic (exact) mass is 436 g/mol. The fourth-order valence-electron chi connectivity index (χ4n) is 3.97. The van der Waals surface area contributed by atoms with Crippen LogP contribution in [0, 0.1) is 5.82 Å². The van der Waals surface area contributed by atoms with Gasteiger partial charge in [0.05, 0.1) is 6.04 Å². The molecule has 4 rings (SSSR count). The zero-order valence-corrected chi connectivity index (χ0v) is 18.0. The molecule has 1 amide bonds. The molecule has 1 saturated heterocycles. The summed E-state index contributed by atoms with van der Waals surface area (Å²) in [6, 6.07) is 4.65. The van der Waals surface area contributed by atoms with Crippen LogP contribution in [0.25, 0.3) is 16.7 Å². The quantitative estimate of drug-likeness (QED) is 0.509. The number of aromatic nitrogens is 4. The molecule has 1 aliphatic rings. The predicted molar refractivity (Wildman–Crippen MR) is 120 cm³/mol. The third kappa shape index (κ3) is 4.35. The fourth-order valence-corrected chi connectivity index (χ4v) is 3.97. The summed E-state index contributed by atoms with van der Waals surface area (Å²) in [5.74, 6) is -0.0511. The first-order valence-electron chi connectivity index (χ1n) is 10.3. The van der Waals surface area contributed by atoms with Crippen LogP contribution in [0.15, 0.2) is 35.7 Å². The van der Waals surface area contributed by atoms with Crippen molar-refractivity contribution in [1.29, 1.82) is 0 Å². The highest BCUT2D eigenvalue weighted by molar-refractivity contribution is 6.09. The lowest BCUT2D eigenvalue weighted by molar-refractivity contribution is 0.0947. The van der Waals surface area contributed by atoms with Gasteiger partial charge in [-0.1, -0.05) is 0 Å². The number of carbonyl (C=O) groups excluding carboxylic acids is 1. The Kier molecular flexibility index (Phi) is 6.22. The number of aromatic amines is 1. The summed E-state index contributed by atoms with van der Waals surface area (Å²) in [5.41, 5.74) is 8.51. The number of imidazole rings is 1. The van der Waals surface area contributed by atoms with Gasteiger partial charge in [0.2, 0.25) is 0 Å². The molecule has 0 bridgehead atoms. The number of fused-ring (bicyclic) bond motifs is 1. The lowest BCUT2D eigenvalue weighted by atomic mass is 10.0. The smallest absolute Gasteiger partial charge is 0.272 e. The third-order valence-corrected chi connectivity index (χ3v) is 5.55. The predicted octanol–water partition coefficient (Wildman–Crippen LogP) is 2.19. The molecule has 0 saturated carbocycles. The number of hydrogen-bond donors (Lipinski definition) is 3. The summed E-state index contributed by atoms with van der Waals surface area (Å²) in [6.07, 6.45) is 6.32. The molecule has 32 heavy (non-hydrogen) atoms. The Morgan fingerprint density at radius 3 is 2.97 bits per heavy atom. The summed E-state index contributed by atoms with van der Waals surface area (Å²) >= 11 is 0. The van der Waals surface area contributed by atoms with E-state index in [2.05, 4.69) is 42.2 Å². The molecule has 1 aliphatic heterocycles. The Balaban J connectivity index is 1.55. The summed E-state index contributed by atoms with van der Waals surface area (Å²) in [6.45, 7) is 1.12. The van der Waals surface area contributed by atoms with Gasteiger partial charge in [-0.2, -0.15) is 0 Å². The molecule has 0 unspecified atom stereocenters. The normalized spacial score (nSPS) is 17.5. The molecule has 1 atom stereocenters. The Bertz CT molecular complexity index is 1200. The van der Waals surface area contributed by atoms with E-state index in [1.165, 1.54) is 24.7 Å². The molecule has 2 aromatic heterocycles. The Morgan fingerprint density at radius 1 is 1.41 bits per heavy atom. The zero-order valence-electron chi connectivity index (χ0n) is 18.0. The van der Waals surface area contributed by atoms with Crippen molar-refractivity contribution in [2.75, 3.05) is 20.6 Å². The van der Waals surface area contributed by atoms with Crippen molar-refractivity contribution in [3.63, 3.8) is 0 Å². The van der Waals surface area contributed by atoms with Crippen LogP contribution in [-0.4, -0.2) is 57.6 Å². The van der Waals surface area contributed by atoms with Crippen molar-refractivity contribution in [1.82, 2.24) is 30.2 Å². The highest BCUT2D eigenvalue weighted by atomic mass is 19.1. The first kappa shape index (κ1) is 21.6. The Labute approximate surface area is 184 Å². The van der Waals surface area contributed by atoms with Gasteiger partial charge in [0.15, 0.2) is 11.3 Å². The van der Waals surface area contributed by atoms with Crippen molar-refractivity contribution >= 4 is 28.9 Å². The van der Waals surface area contributed by atoms with E-state index in [0.717, 1.165) is 25.2 Å². The molecule has 166 valence electrons. The standard InChI is InChI=1S/C22H25FN8O/c1-25-11-15(9-24)14-6-13(7-16(23)8-14)10-26-22(32)19-18-21(28-12-27-19)30-20(29-18)17-4-3-5-31(17)2/h6-9,11-12,17H,3-5,10,24H2,1-2H3,(H,26,32)(H,27,28,29,30)/t17-/m1/s1. The number of nitrogens with zero attached hydrogens (tertiary/aromatic N) is 5. The van der Waals surface area contributed by atoms with Crippen molar-refractivity contribution in [2.45, 2.75) is 25.4 Å². The molecule has 3 aromatic rings. The van der Waals surface area contributed by atoms with E-state index < -0.39 is 11.7 Å². The van der Waals surface area contributed by atoms with Crippen LogP contribution in [0.4, 0.5) is 4.39 Å². The first-order chi connectivity index (χ1) is 15.5. The van der Waals surface area contributed by atoms with Gasteiger partial charge in [0.25, 0.3) is 5.91 Å². The van der Waals surface area contributed by atoms with Crippen LogP contribution in [0.1, 0.15) is 46.3 Å². The number of hydrogen-bond acceptors (Lipinski definition) is 7. The van der Waals surface area contributed by atoms with E-state index in [0.29, 0.717) is 27.9 Å². The largest absolute Gasteiger partial charge is 0.404 e. The van der Waals surface area contributed by atoms with Crippen LogP contribution in [0.2, 0.25) is 0 Å². The van der Waals surface area contributed by atoms with Crippen molar-refractivity contribution < 1.29 is 9.18 Å². The number of likely N-dealkylation sites (tertiary alicyclic amines) is 1. The Hall–Kier alpha value is -3.66. The number of benzene rings is 1. The van der Waals surface area contributed by atoms with E-state index in [1.807, 2.05) is 0 Å². The number of allylic oxidation sites excluding steroid dienone is 1. The molecule has 10 heteroatoms. The average Bonchev–Trinajstić information content (AvgIpc) is 3.40. The molecule has 1 fully saturated rings. The van der Waals surface area contributed by atoms with E-state index in [1.54, 1.807) is 19.3 Å². The highest BCUT2D eigenvalue weighted by Gasteiger charge is 2.27. The molecule has 1 aromatic carbocycles. The number of aliphatic imine (C=N–C) groups is 1. The van der Waals surface area contributed by atoms with Crippen molar-refractivity contribution in [2.24, 2.45) is 10.7 Å². The van der Waals surface area contributed by atoms with Crippen LogP contribution in [0.3, 0.4) is 0 Å². The maximum Gasteiger partial charge on any atom is 0.272 e.